The molecule has 2 saturated carbocycles. The van der Waals surface area contributed by atoms with Crippen LogP contribution in [0.5, 0.6) is 0 Å². The molecule has 1 aliphatic heterocycles. The van der Waals surface area contributed by atoms with Crippen LogP contribution >= 0.6 is 0 Å². The number of carboxylic acids is 1. The zero-order chi connectivity index (χ0) is 19.4. The molecule has 27 heavy (non-hydrogen) atoms. The SMILES string of the molecule is CC1=C(c2ccccc2)CC(C)N(CC(C)C)C1C12CC1(/C=C/C(=O)O)C2. The van der Waals surface area contributed by atoms with Gasteiger partial charge in [0.15, 0.2) is 0 Å². The van der Waals surface area contributed by atoms with Gasteiger partial charge >= 0.3 is 5.97 Å². The molecule has 2 unspecified atom stereocenters. The van der Waals surface area contributed by atoms with Gasteiger partial charge in [0.2, 0.25) is 0 Å². The molecule has 1 aromatic carbocycles. The van der Waals surface area contributed by atoms with E-state index in [1.54, 1.807) is 0 Å². The first-order valence-electron chi connectivity index (χ1n) is 10.2. The normalized spacial score (nSPS) is 35.6. The highest BCUT2D eigenvalue weighted by molar-refractivity contribution is 5.80. The third-order valence-corrected chi connectivity index (χ3v) is 7.05. The van der Waals surface area contributed by atoms with Crippen LogP contribution in [0.4, 0.5) is 0 Å². The zero-order valence-electron chi connectivity index (χ0n) is 16.9. The van der Waals surface area contributed by atoms with Crippen LogP contribution in [0.15, 0.2) is 48.1 Å². The van der Waals surface area contributed by atoms with Crippen molar-refractivity contribution in [3.05, 3.63) is 53.6 Å². The summed E-state index contributed by atoms with van der Waals surface area (Å²) < 4.78 is 0. The topological polar surface area (TPSA) is 40.5 Å². The van der Waals surface area contributed by atoms with Gasteiger partial charge in [-0.05, 0) is 55.6 Å². The second-order valence-corrected chi connectivity index (χ2v) is 9.41. The summed E-state index contributed by atoms with van der Waals surface area (Å²) in [4.78, 5) is 13.7. The summed E-state index contributed by atoms with van der Waals surface area (Å²) in [5.74, 6) is -0.204. The number of carboxylic acid groups (broad SMARTS) is 1. The molecule has 144 valence electrons. The highest BCUT2D eigenvalue weighted by Gasteiger charge is 2.85. The van der Waals surface area contributed by atoms with E-state index in [9.17, 15) is 4.79 Å². The first kappa shape index (κ1) is 18.5. The van der Waals surface area contributed by atoms with Gasteiger partial charge in [-0.2, -0.15) is 0 Å². The van der Waals surface area contributed by atoms with Crippen molar-refractivity contribution in [2.45, 2.75) is 59.0 Å². The molecule has 1 aromatic rings. The molecule has 0 amide bonds. The first-order chi connectivity index (χ1) is 12.8. The van der Waals surface area contributed by atoms with E-state index in [1.165, 1.54) is 22.8 Å². The number of hydrogen-bond donors (Lipinski definition) is 1. The van der Waals surface area contributed by atoms with Crippen molar-refractivity contribution in [2.75, 3.05) is 6.54 Å². The fourth-order valence-electron chi connectivity index (χ4n) is 5.63. The van der Waals surface area contributed by atoms with E-state index in [2.05, 4.69) is 62.9 Å². The van der Waals surface area contributed by atoms with Gasteiger partial charge < -0.3 is 5.11 Å². The molecule has 0 bridgehead atoms. The molecule has 1 heterocycles. The van der Waals surface area contributed by atoms with Crippen LogP contribution in [-0.4, -0.2) is 34.6 Å². The van der Waals surface area contributed by atoms with E-state index in [1.807, 2.05) is 6.08 Å². The van der Waals surface area contributed by atoms with Crippen LogP contribution in [0, 0.1) is 16.7 Å². The highest BCUT2D eigenvalue weighted by atomic mass is 16.4. The average molecular weight is 366 g/mol. The minimum absolute atomic E-state index is 0.130. The number of carbonyl (C=O) groups is 1. The molecule has 1 N–H and O–H groups in total. The molecule has 2 aliphatic carbocycles. The van der Waals surface area contributed by atoms with Crippen LogP contribution in [0.1, 0.15) is 52.5 Å². The van der Waals surface area contributed by atoms with Crippen molar-refractivity contribution in [3.8, 4) is 0 Å². The molecule has 0 spiro atoms. The van der Waals surface area contributed by atoms with Crippen molar-refractivity contribution in [2.24, 2.45) is 16.7 Å². The lowest BCUT2D eigenvalue weighted by atomic mass is 9.81. The van der Waals surface area contributed by atoms with Crippen LogP contribution in [-0.2, 0) is 4.79 Å². The first-order valence-corrected chi connectivity index (χ1v) is 10.2. The van der Waals surface area contributed by atoms with E-state index in [4.69, 9.17) is 5.11 Å². The van der Waals surface area contributed by atoms with E-state index >= 15 is 0 Å². The third kappa shape index (κ3) is 2.97. The zero-order valence-corrected chi connectivity index (χ0v) is 16.9. The Balaban J connectivity index is 1.72. The molecule has 0 radical (unpaired) electrons. The number of aliphatic carboxylic acids is 1. The number of rotatable bonds is 6. The number of hydrogen-bond acceptors (Lipinski definition) is 2. The lowest BCUT2D eigenvalue weighted by molar-refractivity contribution is -0.131. The van der Waals surface area contributed by atoms with Crippen LogP contribution in [0.2, 0.25) is 0 Å². The van der Waals surface area contributed by atoms with E-state index in [0.717, 1.165) is 25.8 Å². The monoisotopic (exact) mass is 365 g/mol. The molecule has 3 aliphatic rings. The highest BCUT2D eigenvalue weighted by Crippen LogP contribution is 2.89. The van der Waals surface area contributed by atoms with Crippen LogP contribution in [0.25, 0.3) is 5.57 Å². The largest absolute Gasteiger partial charge is 0.478 e. The Morgan fingerprint density at radius 2 is 1.96 bits per heavy atom. The Morgan fingerprint density at radius 3 is 2.56 bits per heavy atom. The number of allylic oxidation sites excluding steroid dienone is 1. The molecule has 3 nitrogen and oxygen atoms in total. The predicted molar refractivity (Wildman–Crippen MR) is 109 cm³/mol. The van der Waals surface area contributed by atoms with Gasteiger partial charge in [0.25, 0.3) is 0 Å². The van der Waals surface area contributed by atoms with Gasteiger partial charge in [-0.25, -0.2) is 4.79 Å². The van der Waals surface area contributed by atoms with Crippen molar-refractivity contribution in [1.82, 2.24) is 4.90 Å². The quantitative estimate of drug-likeness (QED) is 0.721. The standard InChI is InChI=1S/C24H31NO2/c1-16(2)13-25-17(3)12-20(19-8-6-5-7-9-19)18(4)22(25)24-14-23(24,15-24)11-10-21(26)27/h5-11,16-17,22H,12-15H2,1-4H3,(H,26,27)/b11-10+. The van der Waals surface area contributed by atoms with Crippen molar-refractivity contribution in [3.63, 3.8) is 0 Å². The molecule has 2 atom stereocenters. The number of nitrogens with zero attached hydrogens (tertiary/aromatic N) is 1. The smallest absolute Gasteiger partial charge is 0.327 e. The Hall–Kier alpha value is -1.87. The Morgan fingerprint density at radius 1 is 1.30 bits per heavy atom. The summed E-state index contributed by atoms with van der Waals surface area (Å²) in [6, 6.07) is 11.7. The lowest BCUT2D eigenvalue weighted by Gasteiger charge is -2.45. The minimum atomic E-state index is -0.828. The van der Waals surface area contributed by atoms with Gasteiger partial charge in [0.1, 0.15) is 0 Å². The molecule has 0 aromatic heterocycles. The minimum Gasteiger partial charge on any atom is -0.478 e. The van der Waals surface area contributed by atoms with Gasteiger partial charge in [0, 0.05) is 30.1 Å². The summed E-state index contributed by atoms with van der Waals surface area (Å²) in [5.41, 5.74) is 4.73. The second-order valence-electron chi connectivity index (χ2n) is 9.41. The van der Waals surface area contributed by atoms with E-state index in [0.29, 0.717) is 18.0 Å². The molecule has 4 rings (SSSR count). The van der Waals surface area contributed by atoms with E-state index < -0.39 is 5.97 Å². The van der Waals surface area contributed by atoms with Crippen molar-refractivity contribution in [1.29, 1.82) is 0 Å². The van der Waals surface area contributed by atoms with E-state index in [-0.39, 0.29) is 10.8 Å². The molecular formula is C24H31NO2. The van der Waals surface area contributed by atoms with Crippen molar-refractivity contribution >= 4 is 11.5 Å². The summed E-state index contributed by atoms with van der Waals surface area (Å²) >= 11 is 0. The molecule has 0 saturated heterocycles. The fourth-order valence-corrected chi connectivity index (χ4v) is 5.63. The maximum Gasteiger partial charge on any atom is 0.327 e. The summed E-state index contributed by atoms with van der Waals surface area (Å²) in [6.07, 6.45) is 6.71. The Bertz CT molecular complexity index is 799. The number of benzene rings is 1. The summed E-state index contributed by atoms with van der Waals surface area (Å²) in [6.45, 7) is 10.4. The number of fused-ring (bicyclic) bond motifs is 1. The van der Waals surface area contributed by atoms with Gasteiger partial charge in [-0.3, -0.25) is 4.90 Å². The molecule has 2 fully saturated rings. The molecule has 3 heteroatoms. The summed E-state index contributed by atoms with van der Waals surface area (Å²) in [5, 5.41) is 9.07. The molecular weight excluding hydrogens is 334 g/mol. The lowest BCUT2D eigenvalue weighted by Crippen LogP contribution is -2.50. The summed E-state index contributed by atoms with van der Waals surface area (Å²) in [7, 11) is 0. The second kappa shape index (κ2) is 6.34. The van der Waals surface area contributed by atoms with Crippen LogP contribution in [0.3, 0.4) is 0 Å². The maximum atomic E-state index is 11.0. The van der Waals surface area contributed by atoms with Gasteiger partial charge in [-0.1, -0.05) is 55.8 Å². The van der Waals surface area contributed by atoms with Gasteiger partial charge in [-0.15, -0.1) is 0 Å². The van der Waals surface area contributed by atoms with Crippen LogP contribution < -0.4 is 0 Å². The van der Waals surface area contributed by atoms with Crippen molar-refractivity contribution < 1.29 is 9.90 Å². The Labute approximate surface area is 162 Å². The average Bonchev–Trinajstić information content (AvgIpc) is 3.43. The predicted octanol–water partition coefficient (Wildman–Crippen LogP) is 5.00. The maximum absolute atomic E-state index is 11.0. The Kier molecular flexibility index (Phi) is 4.34. The fraction of sp³-hybridized carbons (Fsp3) is 0.542. The van der Waals surface area contributed by atoms with Gasteiger partial charge in [0.05, 0.1) is 0 Å². The third-order valence-electron chi connectivity index (χ3n) is 7.05.